The zero-order valence-electron chi connectivity index (χ0n) is 15.0. The van der Waals surface area contributed by atoms with Gasteiger partial charge in [0.2, 0.25) is 5.91 Å². The Morgan fingerprint density at radius 3 is 2.38 bits per heavy atom. The highest BCUT2D eigenvalue weighted by Crippen LogP contribution is 2.10. The quantitative estimate of drug-likeness (QED) is 0.492. The van der Waals surface area contributed by atoms with Crippen molar-refractivity contribution in [2.45, 2.75) is 26.4 Å². The number of rotatable bonds is 8. The lowest BCUT2D eigenvalue weighted by atomic mass is 10.2. The van der Waals surface area contributed by atoms with Crippen molar-refractivity contribution in [2.75, 3.05) is 13.1 Å². The van der Waals surface area contributed by atoms with Crippen LogP contribution in [0, 0.1) is 0 Å². The highest BCUT2D eigenvalue weighted by molar-refractivity contribution is 6.30. The summed E-state index contributed by atoms with van der Waals surface area (Å²) in [4.78, 5) is 16.5. The topological polar surface area (TPSA) is 65.5 Å². The predicted molar refractivity (Wildman–Crippen MR) is 107 cm³/mol. The van der Waals surface area contributed by atoms with E-state index in [0.29, 0.717) is 37.0 Å². The van der Waals surface area contributed by atoms with Gasteiger partial charge < -0.3 is 16.0 Å². The molecule has 3 N–H and O–H groups in total. The number of hydrogen-bond donors (Lipinski definition) is 3. The van der Waals surface area contributed by atoms with Gasteiger partial charge >= 0.3 is 0 Å². The van der Waals surface area contributed by atoms with Crippen LogP contribution in [0.3, 0.4) is 0 Å². The lowest BCUT2D eigenvalue weighted by molar-refractivity contribution is -0.121. The Balaban J connectivity index is 1.73. The molecule has 0 aliphatic rings. The number of halogens is 1. The van der Waals surface area contributed by atoms with Gasteiger partial charge in [0.25, 0.3) is 0 Å². The van der Waals surface area contributed by atoms with Crippen LogP contribution in [-0.4, -0.2) is 25.0 Å². The molecule has 6 heteroatoms. The molecule has 0 saturated heterocycles. The van der Waals surface area contributed by atoms with Crippen LogP contribution in [0.5, 0.6) is 0 Å². The molecule has 5 nitrogen and oxygen atoms in total. The number of carbonyl (C=O) groups is 1. The molecule has 0 radical (unpaired) electrons. The predicted octanol–water partition coefficient (Wildman–Crippen LogP) is 3.10. The van der Waals surface area contributed by atoms with Crippen molar-refractivity contribution in [3.63, 3.8) is 0 Å². The molecule has 138 valence electrons. The molecular formula is C20H25ClN4O. The summed E-state index contributed by atoms with van der Waals surface area (Å²) in [5, 5.41) is 9.99. The van der Waals surface area contributed by atoms with Crippen LogP contribution < -0.4 is 16.0 Å². The summed E-state index contributed by atoms with van der Waals surface area (Å²) in [7, 11) is 0. The second-order valence-electron chi connectivity index (χ2n) is 5.76. The van der Waals surface area contributed by atoms with Crippen molar-refractivity contribution in [1.29, 1.82) is 0 Å². The monoisotopic (exact) mass is 372 g/mol. The second-order valence-corrected chi connectivity index (χ2v) is 6.20. The molecule has 0 aliphatic heterocycles. The van der Waals surface area contributed by atoms with E-state index in [2.05, 4.69) is 20.9 Å². The number of benzene rings is 2. The Labute approximate surface area is 159 Å². The van der Waals surface area contributed by atoms with E-state index in [1.807, 2.05) is 61.5 Å². The first-order chi connectivity index (χ1) is 12.7. The van der Waals surface area contributed by atoms with Crippen molar-refractivity contribution in [3.05, 3.63) is 70.7 Å². The minimum atomic E-state index is 0.00917. The maximum atomic E-state index is 11.9. The first-order valence-electron chi connectivity index (χ1n) is 8.74. The Bertz CT molecular complexity index is 702. The molecule has 2 aromatic rings. The molecule has 2 rings (SSSR count). The average Bonchev–Trinajstić information content (AvgIpc) is 2.66. The summed E-state index contributed by atoms with van der Waals surface area (Å²) in [6.07, 6.45) is 0.387. The molecule has 0 spiro atoms. The van der Waals surface area contributed by atoms with E-state index in [-0.39, 0.29) is 5.91 Å². The fourth-order valence-corrected chi connectivity index (χ4v) is 2.41. The van der Waals surface area contributed by atoms with Gasteiger partial charge in [0.15, 0.2) is 5.96 Å². The van der Waals surface area contributed by atoms with Crippen LogP contribution in [0.1, 0.15) is 24.5 Å². The molecular weight excluding hydrogens is 348 g/mol. The molecule has 1 amide bonds. The van der Waals surface area contributed by atoms with Crippen LogP contribution in [0.4, 0.5) is 0 Å². The largest absolute Gasteiger partial charge is 0.357 e. The lowest BCUT2D eigenvalue weighted by Gasteiger charge is -2.11. The maximum absolute atomic E-state index is 11.9. The summed E-state index contributed by atoms with van der Waals surface area (Å²) >= 11 is 5.89. The van der Waals surface area contributed by atoms with Gasteiger partial charge in [-0.2, -0.15) is 0 Å². The van der Waals surface area contributed by atoms with E-state index < -0.39 is 0 Å². The van der Waals surface area contributed by atoms with E-state index in [4.69, 9.17) is 11.6 Å². The zero-order valence-corrected chi connectivity index (χ0v) is 15.7. The molecule has 0 saturated carbocycles. The van der Waals surface area contributed by atoms with Crippen molar-refractivity contribution < 1.29 is 4.79 Å². The summed E-state index contributed by atoms with van der Waals surface area (Å²) in [5.41, 5.74) is 2.17. The SMILES string of the molecule is CCNC(=NCc1ccc(Cl)cc1)NCCC(=O)NCc1ccccc1. The Kier molecular flexibility index (Phi) is 8.49. The number of aliphatic imine (C=N–C) groups is 1. The minimum Gasteiger partial charge on any atom is -0.357 e. The molecule has 0 aliphatic carbocycles. The molecule has 0 heterocycles. The molecule has 0 fully saturated rings. The van der Waals surface area contributed by atoms with Gasteiger partial charge in [0.1, 0.15) is 0 Å². The number of nitrogens with zero attached hydrogens (tertiary/aromatic N) is 1. The molecule has 0 aromatic heterocycles. The second kappa shape index (κ2) is 11.2. The van der Waals surface area contributed by atoms with Gasteiger partial charge in [-0.3, -0.25) is 4.79 Å². The zero-order chi connectivity index (χ0) is 18.6. The summed E-state index contributed by atoms with van der Waals surface area (Å²) in [6, 6.07) is 17.5. The van der Waals surface area contributed by atoms with E-state index in [9.17, 15) is 4.79 Å². The van der Waals surface area contributed by atoms with E-state index >= 15 is 0 Å². The number of amides is 1. The van der Waals surface area contributed by atoms with Gasteiger partial charge in [-0.05, 0) is 30.2 Å². The number of nitrogens with one attached hydrogen (secondary N) is 3. The van der Waals surface area contributed by atoms with Crippen LogP contribution in [0.15, 0.2) is 59.6 Å². The van der Waals surface area contributed by atoms with Crippen LogP contribution in [0.2, 0.25) is 5.02 Å². The van der Waals surface area contributed by atoms with E-state index in [1.165, 1.54) is 0 Å². The van der Waals surface area contributed by atoms with Crippen LogP contribution >= 0.6 is 11.6 Å². The fourth-order valence-electron chi connectivity index (χ4n) is 2.28. The summed E-state index contributed by atoms with van der Waals surface area (Å²) in [6.45, 7) is 4.38. The number of carbonyl (C=O) groups excluding carboxylic acids is 1. The Morgan fingerprint density at radius 2 is 1.69 bits per heavy atom. The highest BCUT2D eigenvalue weighted by Gasteiger charge is 2.03. The molecule has 26 heavy (non-hydrogen) atoms. The normalized spacial score (nSPS) is 11.1. The van der Waals surface area contributed by atoms with Crippen LogP contribution in [0.25, 0.3) is 0 Å². The fraction of sp³-hybridized carbons (Fsp3) is 0.300. The Hall–Kier alpha value is -2.53. The third kappa shape index (κ3) is 7.57. The smallest absolute Gasteiger partial charge is 0.222 e. The molecule has 0 bridgehead atoms. The molecule has 0 unspecified atom stereocenters. The lowest BCUT2D eigenvalue weighted by Crippen LogP contribution is -2.39. The molecule has 2 aromatic carbocycles. The van der Waals surface area contributed by atoms with Crippen molar-refractivity contribution in [2.24, 2.45) is 4.99 Å². The number of guanidine groups is 1. The average molecular weight is 373 g/mol. The third-order valence-electron chi connectivity index (χ3n) is 3.65. The Morgan fingerprint density at radius 1 is 0.962 bits per heavy atom. The van der Waals surface area contributed by atoms with Crippen molar-refractivity contribution in [1.82, 2.24) is 16.0 Å². The first-order valence-corrected chi connectivity index (χ1v) is 9.12. The van der Waals surface area contributed by atoms with E-state index in [1.54, 1.807) is 0 Å². The van der Waals surface area contributed by atoms with Gasteiger partial charge in [-0.15, -0.1) is 0 Å². The van der Waals surface area contributed by atoms with Gasteiger partial charge in [-0.25, -0.2) is 4.99 Å². The van der Waals surface area contributed by atoms with Gasteiger partial charge in [-0.1, -0.05) is 54.1 Å². The van der Waals surface area contributed by atoms with Crippen molar-refractivity contribution >= 4 is 23.5 Å². The summed E-state index contributed by atoms with van der Waals surface area (Å²) in [5.74, 6) is 0.702. The first kappa shape index (κ1) is 19.8. The number of hydrogen-bond acceptors (Lipinski definition) is 2. The van der Waals surface area contributed by atoms with Gasteiger partial charge in [0, 0.05) is 31.1 Å². The van der Waals surface area contributed by atoms with E-state index in [0.717, 1.165) is 17.7 Å². The maximum Gasteiger partial charge on any atom is 0.222 e. The third-order valence-corrected chi connectivity index (χ3v) is 3.91. The standard InChI is InChI=1S/C20H25ClN4O/c1-2-22-20(25-15-17-8-10-18(21)11-9-17)23-13-12-19(26)24-14-16-6-4-3-5-7-16/h3-11H,2,12-15H2,1H3,(H,24,26)(H2,22,23,25). The van der Waals surface area contributed by atoms with Crippen LogP contribution in [-0.2, 0) is 17.9 Å². The molecule has 0 atom stereocenters. The summed E-state index contributed by atoms with van der Waals surface area (Å²) < 4.78 is 0. The van der Waals surface area contributed by atoms with Crippen molar-refractivity contribution in [3.8, 4) is 0 Å². The van der Waals surface area contributed by atoms with Gasteiger partial charge in [0.05, 0.1) is 6.54 Å². The minimum absolute atomic E-state index is 0.00917. The highest BCUT2D eigenvalue weighted by atomic mass is 35.5.